The van der Waals surface area contributed by atoms with Crippen molar-refractivity contribution in [1.82, 2.24) is 9.62 Å². The van der Waals surface area contributed by atoms with Crippen molar-refractivity contribution in [2.45, 2.75) is 48.8 Å². The van der Waals surface area contributed by atoms with Crippen LogP contribution in [0.3, 0.4) is 0 Å². The van der Waals surface area contributed by atoms with E-state index in [0.717, 1.165) is 5.56 Å². The highest BCUT2D eigenvalue weighted by Gasteiger charge is 2.40. The monoisotopic (exact) mass is 593 g/mol. The number of hydrogen-bond acceptors (Lipinski definition) is 10. The van der Waals surface area contributed by atoms with E-state index in [1.807, 2.05) is 37.3 Å². The van der Waals surface area contributed by atoms with Gasteiger partial charge in [0.2, 0.25) is 10.0 Å². The van der Waals surface area contributed by atoms with Gasteiger partial charge in [-0.1, -0.05) is 37.3 Å². The standard InChI is InChI=1S/C27H35N3O8S2/c1-18-15-30(40(33,34)25-8-7-20(28)14-22(18)25)16-24(38-27(32)36-11-12-39)23(13-19-5-3-2-4-6-19)29-26(31)37-21-9-10-35-17-21/h2-8,14,18,21,23-24,39H,9-13,15-17,28H2,1H3,(H,29,31)/t18?,21-,23-,24+/m0/s1. The van der Waals surface area contributed by atoms with E-state index in [2.05, 4.69) is 17.9 Å². The highest BCUT2D eigenvalue weighted by atomic mass is 32.2. The highest BCUT2D eigenvalue weighted by molar-refractivity contribution is 7.89. The number of alkyl carbamates (subject to hydrolysis) is 1. The predicted octanol–water partition coefficient (Wildman–Crippen LogP) is 2.95. The molecule has 0 saturated carbocycles. The molecule has 2 heterocycles. The van der Waals surface area contributed by atoms with Crippen molar-refractivity contribution in [2.75, 3.05) is 44.4 Å². The van der Waals surface area contributed by atoms with Gasteiger partial charge in [0.25, 0.3) is 0 Å². The number of sulfonamides is 1. The molecule has 3 N–H and O–H groups in total. The number of nitrogens with one attached hydrogen (secondary N) is 1. The number of benzene rings is 2. The summed E-state index contributed by atoms with van der Waals surface area (Å²) in [5.41, 5.74) is 7.85. The fraction of sp³-hybridized carbons (Fsp3) is 0.481. The molecule has 2 aromatic rings. The van der Waals surface area contributed by atoms with E-state index in [9.17, 15) is 18.0 Å². The molecule has 40 heavy (non-hydrogen) atoms. The zero-order valence-electron chi connectivity index (χ0n) is 22.2. The zero-order valence-corrected chi connectivity index (χ0v) is 23.9. The zero-order chi connectivity index (χ0) is 28.7. The van der Waals surface area contributed by atoms with Gasteiger partial charge in [-0.05, 0) is 41.7 Å². The van der Waals surface area contributed by atoms with Gasteiger partial charge in [0.15, 0.2) is 0 Å². The Bertz CT molecular complexity index is 1270. The molecule has 0 aromatic heterocycles. The Hall–Kier alpha value is -3.00. The molecule has 4 rings (SSSR count). The van der Waals surface area contributed by atoms with E-state index in [4.69, 9.17) is 24.7 Å². The summed E-state index contributed by atoms with van der Waals surface area (Å²) in [5, 5.41) is 2.81. The Labute approximate surface area is 239 Å². The minimum atomic E-state index is -3.96. The lowest BCUT2D eigenvalue weighted by Gasteiger charge is -2.36. The fourth-order valence-electron chi connectivity index (χ4n) is 4.82. The van der Waals surface area contributed by atoms with E-state index in [1.165, 1.54) is 16.4 Å². The van der Waals surface area contributed by atoms with Crippen LogP contribution in [0.2, 0.25) is 0 Å². The first-order valence-corrected chi connectivity index (χ1v) is 15.2. The number of anilines is 1. The largest absolute Gasteiger partial charge is 0.508 e. The van der Waals surface area contributed by atoms with Gasteiger partial charge in [0.05, 0.1) is 30.7 Å². The van der Waals surface area contributed by atoms with Gasteiger partial charge in [-0.3, -0.25) is 0 Å². The molecule has 1 unspecified atom stereocenters. The van der Waals surface area contributed by atoms with Crippen LogP contribution in [0.25, 0.3) is 0 Å². The van der Waals surface area contributed by atoms with E-state index in [-0.39, 0.29) is 42.7 Å². The van der Waals surface area contributed by atoms with Crippen LogP contribution in [0, 0.1) is 0 Å². The van der Waals surface area contributed by atoms with Crippen molar-refractivity contribution in [3.8, 4) is 0 Å². The van der Waals surface area contributed by atoms with Crippen molar-refractivity contribution in [3.05, 3.63) is 59.7 Å². The van der Waals surface area contributed by atoms with Gasteiger partial charge < -0.3 is 30.0 Å². The molecule has 0 aliphatic carbocycles. The third-order valence-electron chi connectivity index (χ3n) is 6.81. The van der Waals surface area contributed by atoms with Crippen LogP contribution in [0.15, 0.2) is 53.4 Å². The SMILES string of the molecule is CC1CN(C[C@@H](OC(=O)OCCS)[C@H](Cc2ccccc2)NC(=O)O[C@H]2CCOC2)S(=O)(=O)c2ccc(N)cc21. The summed E-state index contributed by atoms with van der Waals surface area (Å²) in [7, 11) is -3.96. The minimum Gasteiger partial charge on any atom is -0.444 e. The number of nitrogens with two attached hydrogens (primary N) is 1. The number of fused-ring (bicyclic) bond motifs is 1. The number of nitrogen functional groups attached to an aromatic ring is 1. The average Bonchev–Trinajstić information content (AvgIpc) is 3.43. The number of carbonyl (C=O) groups is 2. The molecule has 0 bridgehead atoms. The second-order valence-corrected chi connectivity index (χ2v) is 12.2. The molecule has 1 saturated heterocycles. The molecular weight excluding hydrogens is 558 g/mol. The minimum absolute atomic E-state index is 0.00299. The second kappa shape index (κ2) is 13.6. The molecule has 13 heteroatoms. The molecule has 2 aliphatic heterocycles. The molecule has 4 atom stereocenters. The normalized spacial score (nSPS) is 21.6. The number of ether oxygens (including phenoxy) is 4. The van der Waals surface area contributed by atoms with Gasteiger partial charge in [0.1, 0.15) is 18.8 Å². The third kappa shape index (κ3) is 7.59. The lowest BCUT2D eigenvalue weighted by Crippen LogP contribution is -2.54. The smallest absolute Gasteiger partial charge is 0.444 e. The van der Waals surface area contributed by atoms with Crippen LogP contribution >= 0.6 is 12.6 Å². The molecule has 1 amide bonds. The van der Waals surface area contributed by atoms with Gasteiger partial charge >= 0.3 is 12.2 Å². The molecular formula is C27H35N3O8S2. The Balaban J connectivity index is 1.63. The first-order valence-electron chi connectivity index (χ1n) is 13.1. The number of thiol groups is 1. The topological polar surface area (TPSA) is 146 Å². The lowest BCUT2D eigenvalue weighted by molar-refractivity contribution is 0.00389. The maximum absolute atomic E-state index is 13.7. The van der Waals surface area contributed by atoms with Gasteiger partial charge in [-0.2, -0.15) is 16.9 Å². The van der Waals surface area contributed by atoms with Crippen LogP contribution in [0.1, 0.15) is 30.4 Å². The molecule has 0 radical (unpaired) electrons. The predicted molar refractivity (Wildman–Crippen MR) is 151 cm³/mol. The summed E-state index contributed by atoms with van der Waals surface area (Å²) in [6.07, 6.45) is -2.42. The average molecular weight is 594 g/mol. The van der Waals surface area contributed by atoms with Crippen molar-refractivity contribution >= 4 is 40.6 Å². The Morgan fingerprint density at radius 1 is 1.23 bits per heavy atom. The summed E-state index contributed by atoms with van der Waals surface area (Å²) in [6.45, 7) is 2.59. The maximum Gasteiger partial charge on any atom is 0.508 e. The van der Waals surface area contributed by atoms with Crippen molar-refractivity contribution < 1.29 is 37.0 Å². The van der Waals surface area contributed by atoms with E-state index < -0.39 is 40.5 Å². The van der Waals surface area contributed by atoms with Crippen LogP contribution in [0.4, 0.5) is 15.3 Å². The third-order valence-corrected chi connectivity index (χ3v) is 8.90. The summed E-state index contributed by atoms with van der Waals surface area (Å²) in [6, 6.07) is 13.1. The van der Waals surface area contributed by atoms with Gasteiger partial charge in [0, 0.05) is 24.4 Å². The van der Waals surface area contributed by atoms with E-state index in [0.29, 0.717) is 30.9 Å². The first-order chi connectivity index (χ1) is 19.2. The number of hydrogen-bond donors (Lipinski definition) is 3. The van der Waals surface area contributed by atoms with Crippen LogP contribution in [-0.2, 0) is 35.4 Å². The van der Waals surface area contributed by atoms with E-state index >= 15 is 0 Å². The van der Waals surface area contributed by atoms with Crippen molar-refractivity contribution in [1.29, 1.82) is 0 Å². The molecule has 1 fully saturated rings. The van der Waals surface area contributed by atoms with Crippen LogP contribution in [-0.4, -0.2) is 81.9 Å². The summed E-state index contributed by atoms with van der Waals surface area (Å²) in [4.78, 5) is 25.7. The molecule has 11 nitrogen and oxygen atoms in total. The van der Waals surface area contributed by atoms with Crippen molar-refractivity contribution in [2.24, 2.45) is 0 Å². The molecule has 0 spiro atoms. The van der Waals surface area contributed by atoms with Crippen LogP contribution < -0.4 is 11.1 Å². The summed E-state index contributed by atoms with van der Waals surface area (Å²) < 4.78 is 50.2. The fourth-order valence-corrected chi connectivity index (χ4v) is 6.75. The molecule has 218 valence electrons. The molecule has 2 aromatic carbocycles. The highest BCUT2D eigenvalue weighted by Crippen LogP contribution is 2.35. The van der Waals surface area contributed by atoms with Gasteiger partial charge in [-0.15, -0.1) is 0 Å². The quantitative estimate of drug-likeness (QED) is 0.215. The van der Waals surface area contributed by atoms with Crippen molar-refractivity contribution in [3.63, 3.8) is 0 Å². The molecule has 2 aliphatic rings. The number of carbonyl (C=O) groups excluding carboxylic acids is 2. The Morgan fingerprint density at radius 3 is 2.70 bits per heavy atom. The lowest BCUT2D eigenvalue weighted by atomic mass is 9.99. The van der Waals surface area contributed by atoms with Crippen LogP contribution in [0.5, 0.6) is 0 Å². The number of amides is 1. The Kier molecular flexibility index (Phi) is 10.2. The number of rotatable bonds is 10. The van der Waals surface area contributed by atoms with Gasteiger partial charge in [-0.25, -0.2) is 18.0 Å². The maximum atomic E-state index is 13.7. The number of nitrogens with zero attached hydrogens (tertiary/aromatic N) is 1. The summed E-state index contributed by atoms with van der Waals surface area (Å²) in [5.74, 6) is 0.103. The second-order valence-electron chi connectivity index (χ2n) is 9.83. The summed E-state index contributed by atoms with van der Waals surface area (Å²) >= 11 is 4.05. The van der Waals surface area contributed by atoms with E-state index in [1.54, 1.807) is 6.07 Å². The first kappa shape index (κ1) is 30.0. The Morgan fingerprint density at radius 2 is 2.00 bits per heavy atom.